The zero-order valence-corrected chi connectivity index (χ0v) is 20.2. The molecule has 0 aliphatic rings. The van der Waals surface area contributed by atoms with E-state index in [1.54, 1.807) is 45.8 Å². The van der Waals surface area contributed by atoms with Crippen LogP contribution in [0.3, 0.4) is 0 Å². The standard InChI is InChI=1S/C30H24FN5O/c1-21(22-7-3-2-4-8-22)34-29-17-23(15-16-33-29)28-20-35(19-25-10-6-5-9-24(25)18-32)30(37)36(28)27-13-11-26(31)12-14-27/h2-17,20-21H,19H2,1H3,(H,33,34). The number of hydrogen-bond donors (Lipinski definition) is 1. The third kappa shape index (κ3) is 5.04. The molecule has 0 radical (unpaired) electrons. The fourth-order valence-corrected chi connectivity index (χ4v) is 4.32. The quantitative estimate of drug-likeness (QED) is 0.307. The maximum absolute atomic E-state index is 13.7. The summed E-state index contributed by atoms with van der Waals surface area (Å²) >= 11 is 0. The molecule has 0 amide bonds. The van der Waals surface area contributed by atoms with Crippen molar-refractivity contribution in [3.63, 3.8) is 0 Å². The van der Waals surface area contributed by atoms with Crippen molar-refractivity contribution < 1.29 is 4.39 Å². The average molecular weight is 490 g/mol. The Labute approximate surface area is 213 Å². The van der Waals surface area contributed by atoms with Gasteiger partial charge < -0.3 is 5.32 Å². The highest BCUT2D eigenvalue weighted by atomic mass is 19.1. The lowest BCUT2D eigenvalue weighted by molar-refractivity contribution is 0.627. The third-order valence-corrected chi connectivity index (χ3v) is 6.24. The van der Waals surface area contributed by atoms with E-state index in [1.807, 2.05) is 54.6 Å². The van der Waals surface area contributed by atoms with E-state index in [0.29, 0.717) is 22.8 Å². The van der Waals surface area contributed by atoms with E-state index in [1.165, 1.54) is 12.1 Å². The van der Waals surface area contributed by atoms with Crippen molar-refractivity contribution in [2.45, 2.75) is 19.5 Å². The molecular weight excluding hydrogens is 465 g/mol. The van der Waals surface area contributed by atoms with Crippen molar-refractivity contribution >= 4 is 5.82 Å². The second-order valence-corrected chi connectivity index (χ2v) is 8.71. The van der Waals surface area contributed by atoms with Gasteiger partial charge in [-0.05, 0) is 60.5 Å². The summed E-state index contributed by atoms with van der Waals surface area (Å²) in [6, 6.07) is 29.0. The Balaban J connectivity index is 1.57. The minimum Gasteiger partial charge on any atom is -0.364 e. The van der Waals surface area contributed by atoms with Crippen LogP contribution >= 0.6 is 0 Å². The van der Waals surface area contributed by atoms with E-state index in [9.17, 15) is 14.4 Å². The maximum Gasteiger partial charge on any atom is 0.333 e. The van der Waals surface area contributed by atoms with Gasteiger partial charge in [0.15, 0.2) is 0 Å². The second-order valence-electron chi connectivity index (χ2n) is 8.71. The van der Waals surface area contributed by atoms with Gasteiger partial charge in [-0.3, -0.25) is 9.13 Å². The molecule has 6 nitrogen and oxygen atoms in total. The SMILES string of the molecule is CC(Nc1cc(-c2cn(Cc3ccccc3C#N)c(=O)n2-c2ccc(F)cc2)ccn1)c1ccccc1. The highest BCUT2D eigenvalue weighted by molar-refractivity contribution is 5.65. The van der Waals surface area contributed by atoms with E-state index < -0.39 is 0 Å². The molecule has 5 aromatic rings. The van der Waals surface area contributed by atoms with Crippen molar-refractivity contribution in [1.82, 2.24) is 14.1 Å². The van der Waals surface area contributed by atoms with Crippen LogP contribution in [0.4, 0.5) is 10.2 Å². The van der Waals surface area contributed by atoms with Gasteiger partial charge in [-0.15, -0.1) is 0 Å². The number of nitrogens with zero attached hydrogens (tertiary/aromatic N) is 4. The van der Waals surface area contributed by atoms with Gasteiger partial charge in [0.1, 0.15) is 11.6 Å². The number of aromatic nitrogens is 3. The normalized spacial score (nSPS) is 11.6. The van der Waals surface area contributed by atoms with Gasteiger partial charge >= 0.3 is 5.69 Å². The number of nitrogens with one attached hydrogen (secondary N) is 1. The van der Waals surface area contributed by atoms with Crippen LogP contribution in [0.25, 0.3) is 16.9 Å². The Morgan fingerprint density at radius 3 is 2.49 bits per heavy atom. The first-order chi connectivity index (χ1) is 18.0. The molecule has 5 rings (SSSR count). The van der Waals surface area contributed by atoms with Crippen LogP contribution in [0.5, 0.6) is 0 Å². The first-order valence-corrected chi connectivity index (χ1v) is 11.9. The molecule has 0 saturated carbocycles. The molecule has 3 aromatic carbocycles. The Hall–Kier alpha value is -4.96. The zero-order chi connectivity index (χ0) is 25.8. The Morgan fingerprint density at radius 2 is 1.73 bits per heavy atom. The van der Waals surface area contributed by atoms with Gasteiger partial charge in [0.25, 0.3) is 0 Å². The van der Waals surface area contributed by atoms with Gasteiger partial charge in [-0.2, -0.15) is 5.26 Å². The first-order valence-electron chi connectivity index (χ1n) is 11.9. The number of rotatable bonds is 7. The Bertz CT molecular complexity index is 1630. The van der Waals surface area contributed by atoms with Gasteiger partial charge in [0.2, 0.25) is 0 Å². The minimum atomic E-state index is -0.383. The maximum atomic E-state index is 13.7. The highest BCUT2D eigenvalue weighted by Crippen LogP contribution is 2.26. The summed E-state index contributed by atoms with van der Waals surface area (Å²) in [6.07, 6.45) is 3.46. The van der Waals surface area contributed by atoms with Crippen LogP contribution < -0.4 is 11.0 Å². The van der Waals surface area contributed by atoms with E-state index in [2.05, 4.69) is 23.3 Å². The highest BCUT2D eigenvalue weighted by Gasteiger charge is 2.17. The first kappa shape index (κ1) is 23.8. The summed E-state index contributed by atoms with van der Waals surface area (Å²) in [5.74, 6) is 0.278. The van der Waals surface area contributed by atoms with Gasteiger partial charge in [0.05, 0.1) is 29.6 Å². The molecule has 7 heteroatoms. The molecule has 182 valence electrons. The largest absolute Gasteiger partial charge is 0.364 e. The monoisotopic (exact) mass is 489 g/mol. The third-order valence-electron chi connectivity index (χ3n) is 6.24. The molecule has 1 atom stereocenters. The molecule has 0 bridgehead atoms. The molecule has 0 spiro atoms. The van der Waals surface area contributed by atoms with Crippen LogP contribution in [-0.4, -0.2) is 14.1 Å². The molecule has 0 fully saturated rings. The molecule has 0 aliphatic heterocycles. The Kier molecular flexibility index (Phi) is 6.64. The van der Waals surface area contributed by atoms with Crippen LogP contribution in [0.1, 0.15) is 29.7 Å². The van der Waals surface area contributed by atoms with Crippen molar-refractivity contribution in [2.75, 3.05) is 5.32 Å². The fourth-order valence-electron chi connectivity index (χ4n) is 4.32. The number of anilines is 1. The number of halogens is 1. The van der Waals surface area contributed by atoms with Crippen molar-refractivity contribution in [1.29, 1.82) is 5.26 Å². The summed E-state index contributed by atoms with van der Waals surface area (Å²) in [7, 11) is 0. The summed E-state index contributed by atoms with van der Waals surface area (Å²) in [4.78, 5) is 18.1. The van der Waals surface area contributed by atoms with E-state index >= 15 is 0 Å². The van der Waals surface area contributed by atoms with Crippen LogP contribution in [0, 0.1) is 17.1 Å². The fraction of sp³-hybridized carbons (Fsp3) is 0.100. The smallest absolute Gasteiger partial charge is 0.333 e. The predicted molar refractivity (Wildman–Crippen MR) is 142 cm³/mol. The van der Waals surface area contributed by atoms with Gasteiger partial charge in [-0.25, -0.2) is 14.2 Å². The van der Waals surface area contributed by atoms with Crippen LogP contribution in [0.15, 0.2) is 108 Å². The second kappa shape index (κ2) is 10.3. The van der Waals surface area contributed by atoms with Crippen LogP contribution in [0.2, 0.25) is 0 Å². The number of pyridine rings is 1. The van der Waals surface area contributed by atoms with Crippen molar-refractivity contribution in [2.24, 2.45) is 0 Å². The number of nitriles is 1. The molecule has 2 heterocycles. The molecule has 1 N–H and O–H groups in total. The molecule has 0 aliphatic carbocycles. The van der Waals surface area contributed by atoms with E-state index in [-0.39, 0.29) is 24.1 Å². The summed E-state index contributed by atoms with van der Waals surface area (Å²) < 4.78 is 16.8. The lowest BCUT2D eigenvalue weighted by atomic mass is 10.1. The average Bonchev–Trinajstić information content (AvgIpc) is 3.25. The number of benzene rings is 3. The lowest BCUT2D eigenvalue weighted by Gasteiger charge is -2.15. The van der Waals surface area contributed by atoms with E-state index in [0.717, 1.165) is 16.7 Å². The van der Waals surface area contributed by atoms with Crippen molar-refractivity contribution in [3.8, 4) is 23.0 Å². The molecule has 37 heavy (non-hydrogen) atoms. The topological polar surface area (TPSA) is 75.6 Å². The van der Waals surface area contributed by atoms with Crippen molar-refractivity contribution in [3.05, 3.63) is 136 Å². The molecule has 1 unspecified atom stereocenters. The van der Waals surface area contributed by atoms with Gasteiger partial charge in [0, 0.05) is 24.0 Å². The molecular formula is C30H24FN5O. The molecule has 0 saturated heterocycles. The number of imidazole rings is 1. The minimum absolute atomic E-state index is 0.0234. The summed E-state index contributed by atoms with van der Waals surface area (Å²) in [5, 5.41) is 12.9. The zero-order valence-electron chi connectivity index (χ0n) is 20.2. The Morgan fingerprint density at radius 1 is 1.00 bits per heavy atom. The summed E-state index contributed by atoms with van der Waals surface area (Å²) in [6.45, 7) is 2.28. The number of hydrogen-bond acceptors (Lipinski definition) is 4. The lowest BCUT2D eigenvalue weighted by Crippen LogP contribution is -2.24. The van der Waals surface area contributed by atoms with E-state index in [4.69, 9.17) is 0 Å². The molecule has 2 aromatic heterocycles. The van der Waals surface area contributed by atoms with Crippen LogP contribution in [-0.2, 0) is 6.54 Å². The summed E-state index contributed by atoms with van der Waals surface area (Å²) in [5.41, 5.74) is 4.02. The predicted octanol–water partition coefficient (Wildman–Crippen LogP) is 5.93. The van der Waals surface area contributed by atoms with Gasteiger partial charge in [-0.1, -0.05) is 48.5 Å².